The van der Waals surface area contributed by atoms with Crippen LogP contribution >= 0.6 is 11.3 Å². The topological polar surface area (TPSA) is 25.8 Å². The number of thiazole rings is 1. The highest BCUT2D eigenvalue weighted by Gasteiger charge is 2.11. The van der Waals surface area contributed by atoms with E-state index in [0.29, 0.717) is 0 Å². The second kappa shape index (κ2) is 6.29. The highest BCUT2D eigenvalue weighted by atomic mass is 32.1. The van der Waals surface area contributed by atoms with Crippen LogP contribution in [0.25, 0.3) is 5.57 Å². The van der Waals surface area contributed by atoms with E-state index in [1.54, 1.807) is 11.3 Å². The van der Waals surface area contributed by atoms with Crippen molar-refractivity contribution in [2.75, 3.05) is 0 Å². The van der Waals surface area contributed by atoms with Gasteiger partial charge in [-0.25, -0.2) is 4.98 Å². The Morgan fingerprint density at radius 3 is 2.68 bits per heavy atom. The van der Waals surface area contributed by atoms with Crippen molar-refractivity contribution < 1.29 is 0 Å². The van der Waals surface area contributed by atoms with E-state index in [-0.39, 0.29) is 0 Å². The van der Waals surface area contributed by atoms with Gasteiger partial charge in [0.2, 0.25) is 0 Å². The van der Waals surface area contributed by atoms with Gasteiger partial charge in [0.25, 0.3) is 0 Å². The summed E-state index contributed by atoms with van der Waals surface area (Å²) in [6, 6.07) is 4.09. The van der Waals surface area contributed by atoms with Gasteiger partial charge in [0.05, 0.1) is 10.7 Å². The van der Waals surface area contributed by atoms with E-state index >= 15 is 0 Å². The van der Waals surface area contributed by atoms with Crippen molar-refractivity contribution in [3.63, 3.8) is 0 Å². The van der Waals surface area contributed by atoms with Crippen molar-refractivity contribution in [1.82, 2.24) is 9.97 Å². The Hall–Kier alpha value is -2.18. The molecule has 0 aliphatic heterocycles. The maximum atomic E-state index is 4.58. The zero-order valence-corrected chi connectivity index (χ0v) is 13.9. The molecule has 0 amide bonds. The lowest BCUT2D eigenvalue weighted by molar-refractivity contribution is 0.942. The fourth-order valence-electron chi connectivity index (χ4n) is 2.48. The van der Waals surface area contributed by atoms with Gasteiger partial charge in [0, 0.05) is 17.1 Å². The molecular formula is C19H18N2S. The molecule has 22 heavy (non-hydrogen) atoms. The largest absolute Gasteiger partial charge is 0.255 e. The van der Waals surface area contributed by atoms with Crippen molar-refractivity contribution in [2.45, 2.75) is 33.6 Å². The van der Waals surface area contributed by atoms with Gasteiger partial charge in [0.1, 0.15) is 5.69 Å². The highest BCUT2D eigenvalue weighted by Crippen LogP contribution is 2.30. The van der Waals surface area contributed by atoms with Crippen LogP contribution in [-0.2, 0) is 0 Å². The fourth-order valence-corrected chi connectivity index (χ4v) is 3.03. The van der Waals surface area contributed by atoms with Crippen molar-refractivity contribution in [2.24, 2.45) is 0 Å². The molecule has 0 atom stereocenters. The van der Waals surface area contributed by atoms with Crippen molar-refractivity contribution >= 4 is 16.9 Å². The summed E-state index contributed by atoms with van der Waals surface area (Å²) in [6.07, 6.45) is 6.39. The minimum atomic E-state index is 0.830. The van der Waals surface area contributed by atoms with E-state index in [1.807, 2.05) is 24.6 Å². The lowest BCUT2D eigenvalue weighted by atomic mass is 9.91. The second-order valence-electron chi connectivity index (χ2n) is 5.50. The quantitative estimate of drug-likeness (QED) is 0.710. The summed E-state index contributed by atoms with van der Waals surface area (Å²) in [5.74, 6) is 6.21. The molecule has 2 heterocycles. The zero-order chi connectivity index (χ0) is 15.5. The lowest BCUT2D eigenvalue weighted by Crippen LogP contribution is -1.98. The average molecular weight is 306 g/mol. The minimum Gasteiger partial charge on any atom is -0.255 e. The molecule has 0 spiro atoms. The van der Waals surface area contributed by atoms with E-state index in [9.17, 15) is 0 Å². The molecule has 2 aromatic heterocycles. The van der Waals surface area contributed by atoms with E-state index in [0.717, 1.165) is 34.8 Å². The monoisotopic (exact) mass is 306 g/mol. The molecule has 0 N–H and O–H groups in total. The number of aryl methyl sites for hydroxylation is 1. The Kier molecular flexibility index (Phi) is 4.22. The van der Waals surface area contributed by atoms with E-state index in [4.69, 9.17) is 0 Å². The standard InChI is InChI=1S/C19H18N2S/c1-13-5-4-6-18(14(13)2)19-10-8-16(11-20-19)7-9-17-12-22-15(3)21-17/h6,8,10-12H,4-5H2,1-3H3. The smallest absolute Gasteiger partial charge is 0.124 e. The highest BCUT2D eigenvalue weighted by molar-refractivity contribution is 7.09. The summed E-state index contributed by atoms with van der Waals surface area (Å²) in [7, 11) is 0. The van der Waals surface area contributed by atoms with E-state index < -0.39 is 0 Å². The maximum absolute atomic E-state index is 4.58. The van der Waals surface area contributed by atoms with Gasteiger partial charge >= 0.3 is 0 Å². The summed E-state index contributed by atoms with van der Waals surface area (Å²) in [6.45, 7) is 6.38. The van der Waals surface area contributed by atoms with E-state index in [1.165, 1.54) is 16.7 Å². The molecule has 0 radical (unpaired) electrons. The Morgan fingerprint density at radius 2 is 2.00 bits per heavy atom. The molecule has 1 aliphatic rings. The number of allylic oxidation sites excluding steroid dienone is 4. The van der Waals surface area contributed by atoms with Gasteiger partial charge in [0.15, 0.2) is 0 Å². The molecule has 0 saturated heterocycles. The van der Waals surface area contributed by atoms with Crippen LogP contribution in [-0.4, -0.2) is 9.97 Å². The maximum Gasteiger partial charge on any atom is 0.124 e. The molecule has 0 bridgehead atoms. The third-order valence-corrected chi connectivity index (χ3v) is 4.68. The molecule has 0 saturated carbocycles. The molecule has 0 unspecified atom stereocenters. The van der Waals surface area contributed by atoms with Gasteiger partial charge < -0.3 is 0 Å². The molecule has 1 aliphatic carbocycles. The van der Waals surface area contributed by atoms with Gasteiger partial charge in [-0.2, -0.15) is 0 Å². The van der Waals surface area contributed by atoms with Crippen LogP contribution in [0.15, 0.2) is 40.9 Å². The third-order valence-electron chi connectivity index (χ3n) is 3.91. The summed E-state index contributed by atoms with van der Waals surface area (Å²) in [4.78, 5) is 8.93. The Balaban J connectivity index is 1.82. The van der Waals surface area contributed by atoms with E-state index in [2.05, 4.69) is 47.8 Å². The first-order chi connectivity index (χ1) is 10.6. The average Bonchev–Trinajstić information content (AvgIpc) is 2.94. The first-order valence-corrected chi connectivity index (χ1v) is 8.29. The van der Waals surface area contributed by atoms with Gasteiger partial charge in [-0.3, -0.25) is 4.98 Å². The molecular weight excluding hydrogens is 288 g/mol. The van der Waals surface area contributed by atoms with Gasteiger partial charge in [-0.1, -0.05) is 17.6 Å². The number of nitrogens with zero attached hydrogens (tertiary/aromatic N) is 2. The van der Waals surface area contributed by atoms with Gasteiger partial charge in [-0.05, 0) is 62.8 Å². The van der Waals surface area contributed by atoms with Crippen LogP contribution in [0.5, 0.6) is 0 Å². The normalized spacial score (nSPS) is 14.4. The number of hydrogen-bond acceptors (Lipinski definition) is 3. The molecule has 110 valence electrons. The second-order valence-corrected chi connectivity index (χ2v) is 6.56. The number of rotatable bonds is 1. The van der Waals surface area contributed by atoms with Crippen molar-refractivity contribution in [1.29, 1.82) is 0 Å². The molecule has 3 heteroatoms. The first-order valence-electron chi connectivity index (χ1n) is 7.41. The predicted molar refractivity (Wildman–Crippen MR) is 92.7 cm³/mol. The summed E-state index contributed by atoms with van der Waals surface area (Å²) in [5, 5.41) is 3.02. The van der Waals surface area contributed by atoms with Gasteiger partial charge in [-0.15, -0.1) is 11.3 Å². The summed E-state index contributed by atoms with van der Waals surface area (Å²) in [5.41, 5.74) is 6.86. The molecule has 2 nitrogen and oxygen atoms in total. The van der Waals surface area contributed by atoms with Crippen molar-refractivity contribution in [3.8, 4) is 11.8 Å². The fraction of sp³-hybridized carbons (Fsp3) is 0.263. The minimum absolute atomic E-state index is 0.830. The van der Waals surface area contributed by atoms with Crippen molar-refractivity contribution in [3.05, 3.63) is 62.9 Å². The Morgan fingerprint density at radius 1 is 1.14 bits per heavy atom. The predicted octanol–water partition coefficient (Wildman–Crippen LogP) is 4.76. The zero-order valence-electron chi connectivity index (χ0n) is 13.1. The SMILES string of the molecule is CC1=C(C)C(c2ccc(C#Cc3csc(C)n3)cn2)=CCC1. The Labute approximate surface area is 135 Å². The van der Waals surface area contributed by atoms with Crippen LogP contribution in [0, 0.1) is 18.8 Å². The van der Waals surface area contributed by atoms with Crippen LogP contribution in [0.4, 0.5) is 0 Å². The number of aromatic nitrogens is 2. The van der Waals surface area contributed by atoms with Crippen LogP contribution in [0.2, 0.25) is 0 Å². The Bertz CT molecular complexity index is 811. The lowest BCUT2D eigenvalue weighted by Gasteiger charge is -2.16. The summed E-state index contributed by atoms with van der Waals surface area (Å²) < 4.78 is 0. The number of pyridine rings is 1. The third kappa shape index (κ3) is 3.18. The molecule has 3 rings (SSSR count). The van der Waals surface area contributed by atoms with Crippen LogP contribution in [0.3, 0.4) is 0 Å². The summed E-state index contributed by atoms with van der Waals surface area (Å²) >= 11 is 1.62. The molecule has 0 fully saturated rings. The molecule has 0 aromatic carbocycles. The van der Waals surface area contributed by atoms with Crippen LogP contribution in [0.1, 0.15) is 48.6 Å². The first kappa shape index (κ1) is 14.7. The molecule has 2 aromatic rings. The van der Waals surface area contributed by atoms with Crippen LogP contribution < -0.4 is 0 Å². The number of hydrogen-bond donors (Lipinski definition) is 0.